The zero-order valence-corrected chi connectivity index (χ0v) is 26.9. The van der Waals surface area contributed by atoms with Crippen LogP contribution in [-0.2, 0) is 43.2 Å². The highest BCUT2D eigenvalue weighted by molar-refractivity contribution is 9.09. The molecule has 0 spiro atoms. The third-order valence-electron chi connectivity index (χ3n) is 7.85. The lowest BCUT2D eigenvalue weighted by molar-refractivity contribution is -0.249. The molecule has 0 N–H and O–H groups in total. The number of halogens is 1. The van der Waals surface area contributed by atoms with Crippen LogP contribution in [0.15, 0.2) is 91.0 Å². The molecule has 4 rings (SSSR count). The van der Waals surface area contributed by atoms with Gasteiger partial charge < -0.3 is 23.4 Å². The van der Waals surface area contributed by atoms with Crippen molar-refractivity contribution in [3.8, 4) is 0 Å². The zero-order chi connectivity index (χ0) is 28.6. The number of benzene rings is 3. The highest BCUT2D eigenvalue weighted by atomic mass is 79.9. The molecule has 0 amide bonds. The molecule has 1 saturated heterocycles. The van der Waals surface area contributed by atoms with Gasteiger partial charge in [-0.3, -0.25) is 0 Å². The van der Waals surface area contributed by atoms with Crippen LogP contribution in [0.1, 0.15) is 37.5 Å². The van der Waals surface area contributed by atoms with Gasteiger partial charge in [0.15, 0.2) is 8.32 Å². The van der Waals surface area contributed by atoms with Crippen molar-refractivity contribution in [2.45, 2.75) is 88.2 Å². The predicted octanol–water partition coefficient (Wildman–Crippen LogP) is 7.88. The Hall–Kier alpha value is -1.84. The quantitative estimate of drug-likeness (QED) is 0.151. The summed E-state index contributed by atoms with van der Waals surface area (Å²) in [6.07, 6.45) is -1.52. The fraction of sp³-hybridized carbons (Fsp3) is 0.455. The maximum atomic E-state index is 6.67. The summed E-state index contributed by atoms with van der Waals surface area (Å²) < 4.78 is 33.0. The van der Waals surface area contributed by atoms with Crippen LogP contribution >= 0.6 is 15.9 Å². The van der Waals surface area contributed by atoms with Crippen LogP contribution in [0.5, 0.6) is 0 Å². The summed E-state index contributed by atoms with van der Waals surface area (Å²) in [5.41, 5.74) is 3.28. The zero-order valence-electron chi connectivity index (χ0n) is 24.3. The lowest BCUT2D eigenvalue weighted by Crippen LogP contribution is -2.60. The van der Waals surface area contributed by atoms with E-state index in [4.69, 9.17) is 23.4 Å². The molecule has 3 aromatic carbocycles. The summed E-state index contributed by atoms with van der Waals surface area (Å²) in [6, 6.07) is 30.6. The van der Waals surface area contributed by atoms with Gasteiger partial charge in [0.1, 0.15) is 29.4 Å². The predicted molar refractivity (Wildman–Crippen MR) is 166 cm³/mol. The second-order valence-corrected chi connectivity index (χ2v) is 17.6. The monoisotopic (exact) mass is 626 g/mol. The van der Waals surface area contributed by atoms with Crippen molar-refractivity contribution >= 4 is 24.2 Å². The first kappa shape index (κ1) is 31.1. The number of ether oxygens (including phenoxy) is 4. The lowest BCUT2D eigenvalue weighted by atomic mass is 9.99. The molecule has 1 aliphatic heterocycles. The molecule has 1 fully saturated rings. The van der Waals surface area contributed by atoms with E-state index in [-0.39, 0.29) is 16.2 Å². The summed E-state index contributed by atoms with van der Waals surface area (Å²) in [5, 5.41) is -0.304. The van der Waals surface area contributed by atoms with Gasteiger partial charge in [0, 0.05) is 0 Å². The molecule has 216 valence electrons. The van der Waals surface area contributed by atoms with Gasteiger partial charge in [-0.15, -0.1) is 0 Å². The first-order chi connectivity index (χ1) is 19.1. The Morgan fingerprint density at radius 1 is 0.650 bits per heavy atom. The Morgan fingerprint density at radius 3 is 1.48 bits per heavy atom. The average molecular weight is 628 g/mol. The first-order valence-corrected chi connectivity index (χ1v) is 17.9. The Morgan fingerprint density at radius 2 is 1.05 bits per heavy atom. The van der Waals surface area contributed by atoms with Crippen LogP contribution in [-0.4, -0.2) is 44.4 Å². The molecule has 0 saturated carbocycles. The number of hydrogen-bond acceptors (Lipinski definition) is 5. The number of hydrogen-bond donors (Lipinski definition) is 0. The van der Waals surface area contributed by atoms with Gasteiger partial charge in [-0.05, 0) is 34.8 Å². The summed E-state index contributed by atoms with van der Waals surface area (Å²) in [6.45, 7) is 13.0. The van der Waals surface area contributed by atoms with Gasteiger partial charge in [-0.1, -0.05) is 128 Å². The highest BCUT2D eigenvalue weighted by Crippen LogP contribution is 2.38. The summed E-state index contributed by atoms with van der Waals surface area (Å²) in [5.74, 6) is 0. The molecule has 0 bridgehead atoms. The van der Waals surface area contributed by atoms with Gasteiger partial charge in [-0.25, -0.2) is 0 Å². The van der Waals surface area contributed by atoms with E-state index in [1.807, 2.05) is 54.6 Å². The second kappa shape index (κ2) is 14.4. The van der Waals surface area contributed by atoms with Gasteiger partial charge in [0.25, 0.3) is 0 Å². The Labute approximate surface area is 249 Å². The minimum Gasteiger partial charge on any atom is -0.414 e. The van der Waals surface area contributed by atoms with Crippen molar-refractivity contribution in [3.63, 3.8) is 0 Å². The third-order valence-corrected chi connectivity index (χ3v) is 13.1. The largest absolute Gasteiger partial charge is 0.414 e. The topological polar surface area (TPSA) is 46.2 Å². The Balaban J connectivity index is 1.60. The SMILES string of the molecule is CC(C)(C)[Si](C)(C)OC[C@H]1O[C@H](Br)[C@H](OCc2ccccc2)[C@@H](OCc2ccccc2)[C@@H]1OCc1ccccc1. The van der Waals surface area contributed by atoms with Crippen LogP contribution in [0.3, 0.4) is 0 Å². The van der Waals surface area contributed by atoms with Crippen molar-refractivity contribution in [1.29, 1.82) is 0 Å². The van der Waals surface area contributed by atoms with Crippen LogP contribution in [0.4, 0.5) is 0 Å². The van der Waals surface area contributed by atoms with Crippen molar-refractivity contribution < 1.29 is 23.4 Å². The van der Waals surface area contributed by atoms with E-state index < -0.39 is 26.6 Å². The van der Waals surface area contributed by atoms with Crippen molar-refractivity contribution in [2.75, 3.05) is 6.61 Å². The van der Waals surface area contributed by atoms with E-state index >= 15 is 0 Å². The fourth-order valence-corrected chi connectivity index (χ4v) is 6.12. The van der Waals surface area contributed by atoms with Gasteiger partial charge in [0.2, 0.25) is 0 Å². The molecule has 0 unspecified atom stereocenters. The van der Waals surface area contributed by atoms with E-state index in [9.17, 15) is 0 Å². The van der Waals surface area contributed by atoms with E-state index in [0.717, 1.165) is 16.7 Å². The smallest absolute Gasteiger partial charge is 0.192 e. The van der Waals surface area contributed by atoms with Crippen molar-refractivity contribution in [2.24, 2.45) is 0 Å². The highest BCUT2D eigenvalue weighted by Gasteiger charge is 2.48. The molecule has 0 radical (unpaired) electrons. The number of alkyl halides is 1. The molecule has 3 aromatic rings. The van der Waals surface area contributed by atoms with E-state index in [1.165, 1.54) is 0 Å². The summed E-state index contributed by atoms with van der Waals surface area (Å²) in [4.78, 5) is 0. The Kier molecular flexibility index (Phi) is 11.2. The molecule has 5 atom stereocenters. The minimum absolute atomic E-state index is 0.0837. The summed E-state index contributed by atoms with van der Waals surface area (Å²) in [7, 11) is -2.02. The molecule has 1 heterocycles. The Bertz CT molecular complexity index is 1140. The normalized spacial score (nSPS) is 23.7. The van der Waals surface area contributed by atoms with Crippen LogP contribution in [0.25, 0.3) is 0 Å². The summed E-state index contributed by atoms with van der Waals surface area (Å²) >= 11 is 3.79. The molecule has 40 heavy (non-hydrogen) atoms. The van der Waals surface area contributed by atoms with Crippen LogP contribution < -0.4 is 0 Å². The fourth-order valence-electron chi connectivity index (χ4n) is 4.37. The van der Waals surface area contributed by atoms with Gasteiger partial charge in [-0.2, -0.15) is 0 Å². The molecule has 1 aliphatic rings. The van der Waals surface area contributed by atoms with Gasteiger partial charge in [0.05, 0.1) is 26.4 Å². The average Bonchev–Trinajstić information content (AvgIpc) is 2.95. The molecule has 7 heteroatoms. The minimum atomic E-state index is -2.02. The van der Waals surface area contributed by atoms with Crippen molar-refractivity contribution in [3.05, 3.63) is 108 Å². The van der Waals surface area contributed by atoms with Gasteiger partial charge >= 0.3 is 0 Å². The third kappa shape index (κ3) is 8.58. The van der Waals surface area contributed by atoms with E-state index in [0.29, 0.717) is 26.4 Å². The maximum absolute atomic E-state index is 6.67. The lowest BCUT2D eigenvalue weighted by Gasteiger charge is -2.46. The molecular weight excluding hydrogens is 584 g/mol. The number of rotatable bonds is 12. The maximum Gasteiger partial charge on any atom is 0.192 e. The van der Waals surface area contributed by atoms with Crippen molar-refractivity contribution in [1.82, 2.24) is 0 Å². The molecule has 0 aromatic heterocycles. The standard InChI is InChI=1S/C33H43BrO5Si/c1-33(2,3)40(4,5)38-24-28-29(35-21-25-15-9-6-10-16-25)30(36-22-26-17-11-7-12-18-26)31(32(34)39-28)37-23-27-19-13-8-14-20-27/h6-20,28-32H,21-24H2,1-5H3/t28-,29-,30+,31-,32+/m1/s1. The van der Waals surface area contributed by atoms with Crippen LogP contribution in [0, 0.1) is 0 Å². The molecular formula is C33H43BrO5Si. The second-order valence-electron chi connectivity index (χ2n) is 11.9. The van der Waals surface area contributed by atoms with Crippen LogP contribution in [0.2, 0.25) is 18.1 Å². The van der Waals surface area contributed by atoms with E-state index in [2.05, 4.69) is 86.2 Å². The van der Waals surface area contributed by atoms with E-state index in [1.54, 1.807) is 0 Å². The molecule has 5 nitrogen and oxygen atoms in total. The first-order valence-electron chi connectivity index (χ1n) is 14.0. The molecule has 0 aliphatic carbocycles.